The smallest absolute Gasteiger partial charge is 0.338 e. The van der Waals surface area contributed by atoms with Crippen LogP contribution in [-0.2, 0) is 21.2 Å². The van der Waals surface area contributed by atoms with Crippen LogP contribution in [0.4, 0.5) is 5.69 Å². The van der Waals surface area contributed by atoms with Gasteiger partial charge in [0.25, 0.3) is 0 Å². The van der Waals surface area contributed by atoms with Crippen LogP contribution in [0.3, 0.4) is 0 Å². The Morgan fingerprint density at radius 2 is 1.91 bits per heavy atom. The first kappa shape index (κ1) is 25.0. The standard InChI is InChI=1S/C24H32N2O6S/c1-17-9-20(17)14-31-22-11-19(10-21(12-22)26(2)33(3,29)30)23(28)32-16-24(25,15-27)13-18-7-5-4-6-8-18/h4-8,10-12,17,20,27H,9,13-16,25H2,1-3H3. The lowest BCUT2D eigenvalue weighted by molar-refractivity contribution is 0.0330. The third kappa shape index (κ3) is 6.93. The van der Waals surface area contributed by atoms with E-state index in [0.717, 1.165) is 22.5 Å². The molecule has 9 heteroatoms. The van der Waals surface area contributed by atoms with E-state index in [9.17, 15) is 18.3 Å². The van der Waals surface area contributed by atoms with Crippen LogP contribution in [0.5, 0.6) is 5.75 Å². The zero-order valence-electron chi connectivity index (χ0n) is 19.2. The summed E-state index contributed by atoms with van der Waals surface area (Å²) in [6.07, 6.45) is 2.49. The highest BCUT2D eigenvalue weighted by molar-refractivity contribution is 7.92. The van der Waals surface area contributed by atoms with E-state index in [1.807, 2.05) is 30.3 Å². The number of rotatable bonds is 11. The highest BCUT2D eigenvalue weighted by Crippen LogP contribution is 2.38. The van der Waals surface area contributed by atoms with Crippen molar-refractivity contribution in [2.24, 2.45) is 17.6 Å². The van der Waals surface area contributed by atoms with Gasteiger partial charge < -0.3 is 20.3 Å². The van der Waals surface area contributed by atoms with Gasteiger partial charge in [-0.25, -0.2) is 13.2 Å². The Labute approximate surface area is 195 Å². The Bertz CT molecular complexity index is 1080. The fraction of sp³-hybridized carbons (Fsp3) is 0.458. The fourth-order valence-electron chi connectivity index (χ4n) is 3.44. The van der Waals surface area contributed by atoms with E-state index in [4.69, 9.17) is 15.2 Å². The molecule has 0 saturated heterocycles. The molecule has 1 fully saturated rings. The Morgan fingerprint density at radius 1 is 1.24 bits per heavy atom. The second kappa shape index (κ2) is 10.1. The summed E-state index contributed by atoms with van der Waals surface area (Å²) < 4.78 is 36.4. The molecule has 1 aliphatic carbocycles. The molecule has 3 rings (SSSR count). The van der Waals surface area contributed by atoms with Crippen molar-refractivity contribution >= 4 is 21.7 Å². The van der Waals surface area contributed by atoms with E-state index in [1.165, 1.54) is 19.2 Å². The summed E-state index contributed by atoms with van der Waals surface area (Å²) in [5.74, 6) is 0.758. The molecule has 1 saturated carbocycles. The molecular weight excluding hydrogens is 444 g/mol. The third-order valence-corrected chi connectivity index (χ3v) is 7.14. The number of anilines is 1. The van der Waals surface area contributed by atoms with E-state index < -0.39 is 21.5 Å². The average Bonchev–Trinajstić information content (AvgIpc) is 3.50. The van der Waals surface area contributed by atoms with Crippen LogP contribution in [0.25, 0.3) is 0 Å². The number of ether oxygens (including phenoxy) is 2. The lowest BCUT2D eigenvalue weighted by Crippen LogP contribution is -2.50. The molecule has 3 unspecified atom stereocenters. The van der Waals surface area contributed by atoms with Gasteiger partial charge in [0.1, 0.15) is 12.4 Å². The number of nitrogens with two attached hydrogens (primary N) is 1. The van der Waals surface area contributed by atoms with Gasteiger partial charge in [-0.2, -0.15) is 0 Å². The zero-order chi connectivity index (χ0) is 24.2. The zero-order valence-corrected chi connectivity index (χ0v) is 20.0. The van der Waals surface area contributed by atoms with Gasteiger partial charge in [-0.3, -0.25) is 4.31 Å². The van der Waals surface area contributed by atoms with Crippen molar-refractivity contribution in [1.29, 1.82) is 0 Å². The molecule has 3 atom stereocenters. The van der Waals surface area contributed by atoms with Crippen molar-refractivity contribution in [3.05, 3.63) is 59.7 Å². The van der Waals surface area contributed by atoms with E-state index in [2.05, 4.69) is 6.92 Å². The molecular formula is C24H32N2O6S. The lowest BCUT2D eigenvalue weighted by Gasteiger charge is -2.27. The fourth-order valence-corrected chi connectivity index (χ4v) is 3.93. The first-order valence-corrected chi connectivity index (χ1v) is 12.7. The van der Waals surface area contributed by atoms with Gasteiger partial charge in [-0.05, 0) is 42.4 Å². The van der Waals surface area contributed by atoms with Crippen LogP contribution < -0.4 is 14.8 Å². The van der Waals surface area contributed by atoms with Gasteiger partial charge in [0, 0.05) is 13.1 Å². The number of hydrogen-bond donors (Lipinski definition) is 2. The second-order valence-electron chi connectivity index (χ2n) is 8.99. The van der Waals surface area contributed by atoms with Gasteiger partial charge in [0.2, 0.25) is 10.0 Å². The first-order chi connectivity index (χ1) is 15.5. The van der Waals surface area contributed by atoms with E-state index in [1.54, 1.807) is 6.07 Å². The van der Waals surface area contributed by atoms with E-state index in [0.29, 0.717) is 30.6 Å². The number of aliphatic hydroxyl groups excluding tert-OH is 1. The average molecular weight is 477 g/mol. The highest BCUT2D eigenvalue weighted by atomic mass is 32.2. The minimum absolute atomic E-state index is 0.141. The number of nitrogens with zero attached hydrogens (tertiary/aromatic N) is 1. The maximum absolute atomic E-state index is 12.9. The summed E-state index contributed by atoms with van der Waals surface area (Å²) in [5, 5.41) is 9.82. The minimum atomic E-state index is -3.54. The number of benzene rings is 2. The van der Waals surface area contributed by atoms with E-state index >= 15 is 0 Å². The molecule has 0 amide bonds. The Kier molecular flexibility index (Phi) is 7.66. The molecule has 180 valence electrons. The molecule has 3 N–H and O–H groups in total. The van der Waals surface area contributed by atoms with Crippen LogP contribution in [0.15, 0.2) is 48.5 Å². The number of aliphatic hydroxyl groups is 1. The SMILES string of the molecule is CC1CC1COc1cc(C(=O)OCC(N)(CO)Cc2ccccc2)cc(N(C)S(C)(=O)=O)c1. The quantitative estimate of drug-likeness (QED) is 0.477. The summed E-state index contributed by atoms with van der Waals surface area (Å²) in [7, 11) is -2.14. The third-order valence-electron chi connectivity index (χ3n) is 5.93. The van der Waals surface area contributed by atoms with Gasteiger partial charge in [-0.1, -0.05) is 37.3 Å². The van der Waals surface area contributed by atoms with Crippen LogP contribution in [0.2, 0.25) is 0 Å². The monoisotopic (exact) mass is 476 g/mol. The Morgan fingerprint density at radius 3 is 2.48 bits per heavy atom. The van der Waals surface area contributed by atoms with Crippen LogP contribution in [-0.4, -0.2) is 58.2 Å². The summed E-state index contributed by atoms with van der Waals surface area (Å²) in [5.41, 5.74) is 6.47. The number of hydrogen-bond acceptors (Lipinski definition) is 7. The Balaban J connectivity index is 1.76. The second-order valence-corrected chi connectivity index (χ2v) is 11.0. The molecule has 0 bridgehead atoms. The number of carbonyl (C=O) groups is 1. The van der Waals surface area contributed by atoms with Crippen molar-refractivity contribution in [1.82, 2.24) is 0 Å². The molecule has 0 radical (unpaired) electrons. The van der Waals surface area contributed by atoms with Crippen molar-refractivity contribution in [3.8, 4) is 5.75 Å². The summed E-state index contributed by atoms with van der Waals surface area (Å²) >= 11 is 0. The van der Waals surface area contributed by atoms with Crippen LogP contribution >= 0.6 is 0 Å². The van der Waals surface area contributed by atoms with Gasteiger partial charge in [-0.15, -0.1) is 0 Å². The topological polar surface area (TPSA) is 119 Å². The van der Waals surface area contributed by atoms with Gasteiger partial charge in [0.05, 0.1) is 36.3 Å². The van der Waals surface area contributed by atoms with Crippen molar-refractivity contribution in [2.75, 3.05) is 37.4 Å². The maximum Gasteiger partial charge on any atom is 0.338 e. The molecule has 2 aromatic carbocycles. The van der Waals surface area contributed by atoms with Crippen LogP contribution in [0.1, 0.15) is 29.3 Å². The predicted octanol–water partition coefficient (Wildman–Crippen LogP) is 2.21. The molecule has 0 heterocycles. The normalized spacial score (nSPS) is 19.4. The minimum Gasteiger partial charge on any atom is -0.493 e. The van der Waals surface area contributed by atoms with Crippen molar-refractivity contribution in [2.45, 2.75) is 25.3 Å². The largest absolute Gasteiger partial charge is 0.493 e. The molecule has 0 spiro atoms. The van der Waals surface area contributed by atoms with Gasteiger partial charge in [0.15, 0.2) is 0 Å². The summed E-state index contributed by atoms with van der Waals surface area (Å²) in [6, 6.07) is 13.9. The molecule has 8 nitrogen and oxygen atoms in total. The summed E-state index contributed by atoms with van der Waals surface area (Å²) in [6.45, 7) is 2.05. The lowest BCUT2D eigenvalue weighted by atomic mass is 9.93. The molecule has 2 aromatic rings. The van der Waals surface area contributed by atoms with E-state index in [-0.39, 0.29) is 24.5 Å². The first-order valence-electron chi connectivity index (χ1n) is 10.8. The maximum atomic E-state index is 12.9. The van der Waals surface area contributed by atoms with Crippen molar-refractivity contribution in [3.63, 3.8) is 0 Å². The number of carbonyl (C=O) groups excluding carboxylic acids is 1. The highest BCUT2D eigenvalue weighted by Gasteiger charge is 2.33. The summed E-state index contributed by atoms with van der Waals surface area (Å²) in [4.78, 5) is 12.9. The molecule has 0 aromatic heterocycles. The molecule has 1 aliphatic rings. The molecule has 33 heavy (non-hydrogen) atoms. The number of sulfonamides is 1. The predicted molar refractivity (Wildman–Crippen MR) is 127 cm³/mol. The van der Waals surface area contributed by atoms with Crippen LogP contribution in [0, 0.1) is 11.8 Å². The molecule has 0 aliphatic heterocycles. The van der Waals surface area contributed by atoms with Gasteiger partial charge >= 0.3 is 5.97 Å². The Hall–Kier alpha value is -2.62. The number of esters is 1. The van der Waals surface area contributed by atoms with Crippen molar-refractivity contribution < 1.29 is 27.8 Å².